The predicted molar refractivity (Wildman–Crippen MR) is 67.5 cm³/mol. The number of rotatable bonds is 5. The van der Waals surface area contributed by atoms with Crippen LogP contribution in [-0.2, 0) is 5.41 Å². The van der Waals surface area contributed by atoms with Crippen molar-refractivity contribution in [2.45, 2.75) is 45.6 Å². The average molecular weight is 237 g/mol. The van der Waals surface area contributed by atoms with Crippen molar-refractivity contribution in [3.8, 4) is 6.07 Å². The van der Waals surface area contributed by atoms with Gasteiger partial charge in [0.15, 0.2) is 0 Å². The molecular weight excluding hydrogens is 218 g/mol. The van der Waals surface area contributed by atoms with Gasteiger partial charge in [-0.2, -0.15) is 5.26 Å². The van der Waals surface area contributed by atoms with E-state index >= 15 is 0 Å². The smallest absolute Gasteiger partial charge is 0.113 e. The Balaban J connectivity index is 2.76. The zero-order chi connectivity index (χ0) is 12.2. The SMILES string of the molecule is CCCNC(C)c1cnc(C(C)(C)C#N)s1. The second kappa shape index (κ2) is 5.42. The summed E-state index contributed by atoms with van der Waals surface area (Å²) in [5.74, 6) is 0. The number of thiazole rings is 1. The largest absolute Gasteiger partial charge is 0.309 e. The van der Waals surface area contributed by atoms with Crippen LogP contribution in [0.2, 0.25) is 0 Å². The molecule has 0 aliphatic heterocycles. The number of nitrogens with zero attached hydrogens (tertiary/aromatic N) is 2. The van der Waals surface area contributed by atoms with Crippen LogP contribution >= 0.6 is 11.3 Å². The van der Waals surface area contributed by atoms with Gasteiger partial charge in [0.2, 0.25) is 0 Å². The highest BCUT2D eigenvalue weighted by Gasteiger charge is 2.24. The molecule has 0 fully saturated rings. The minimum Gasteiger partial charge on any atom is -0.309 e. The maximum absolute atomic E-state index is 9.04. The van der Waals surface area contributed by atoms with Crippen molar-refractivity contribution in [1.82, 2.24) is 10.3 Å². The third-order valence-corrected chi connectivity index (χ3v) is 3.97. The first-order valence-electron chi connectivity index (χ1n) is 5.62. The van der Waals surface area contributed by atoms with Crippen molar-refractivity contribution in [2.75, 3.05) is 6.54 Å². The predicted octanol–water partition coefficient (Wildman–Crippen LogP) is 3.00. The highest BCUT2D eigenvalue weighted by molar-refractivity contribution is 7.11. The molecule has 0 saturated carbocycles. The topological polar surface area (TPSA) is 48.7 Å². The molecule has 0 spiro atoms. The van der Waals surface area contributed by atoms with Crippen LogP contribution in [0.5, 0.6) is 0 Å². The monoisotopic (exact) mass is 237 g/mol. The van der Waals surface area contributed by atoms with Crippen LogP contribution in [0.3, 0.4) is 0 Å². The van der Waals surface area contributed by atoms with Crippen LogP contribution in [0.15, 0.2) is 6.20 Å². The summed E-state index contributed by atoms with van der Waals surface area (Å²) < 4.78 is 0. The van der Waals surface area contributed by atoms with E-state index in [0.717, 1.165) is 18.0 Å². The normalized spacial score (nSPS) is 13.4. The van der Waals surface area contributed by atoms with Crippen molar-refractivity contribution >= 4 is 11.3 Å². The lowest BCUT2D eigenvalue weighted by molar-refractivity contribution is 0.577. The number of aromatic nitrogens is 1. The van der Waals surface area contributed by atoms with Gasteiger partial charge in [-0.3, -0.25) is 0 Å². The maximum Gasteiger partial charge on any atom is 0.113 e. The van der Waals surface area contributed by atoms with E-state index in [9.17, 15) is 0 Å². The van der Waals surface area contributed by atoms with Gasteiger partial charge in [0.25, 0.3) is 0 Å². The summed E-state index contributed by atoms with van der Waals surface area (Å²) in [6.07, 6.45) is 3.01. The van der Waals surface area contributed by atoms with Crippen molar-refractivity contribution in [1.29, 1.82) is 5.26 Å². The van der Waals surface area contributed by atoms with Gasteiger partial charge in [-0.1, -0.05) is 6.92 Å². The Labute approximate surface area is 102 Å². The lowest BCUT2D eigenvalue weighted by Crippen LogP contribution is -2.18. The lowest BCUT2D eigenvalue weighted by Gasteiger charge is -2.12. The molecule has 1 N–H and O–H groups in total. The Morgan fingerprint density at radius 2 is 2.31 bits per heavy atom. The molecule has 0 bridgehead atoms. The molecular formula is C12H19N3S. The first kappa shape index (κ1) is 13.1. The van der Waals surface area contributed by atoms with Crippen LogP contribution in [0.1, 0.15) is 50.0 Å². The molecule has 4 heteroatoms. The minimum absolute atomic E-state index is 0.320. The van der Waals surface area contributed by atoms with Crippen molar-refractivity contribution in [3.63, 3.8) is 0 Å². The highest BCUT2D eigenvalue weighted by Crippen LogP contribution is 2.29. The van der Waals surface area contributed by atoms with Gasteiger partial charge >= 0.3 is 0 Å². The lowest BCUT2D eigenvalue weighted by atomic mass is 9.97. The van der Waals surface area contributed by atoms with Gasteiger partial charge in [0.1, 0.15) is 10.4 Å². The Kier molecular flexibility index (Phi) is 4.45. The summed E-state index contributed by atoms with van der Waals surface area (Å²) in [5, 5.41) is 13.4. The maximum atomic E-state index is 9.04. The summed E-state index contributed by atoms with van der Waals surface area (Å²) in [6.45, 7) is 9.10. The van der Waals surface area contributed by atoms with Crippen LogP contribution in [-0.4, -0.2) is 11.5 Å². The second-order valence-electron chi connectivity index (χ2n) is 4.48. The zero-order valence-electron chi connectivity index (χ0n) is 10.4. The number of hydrogen-bond acceptors (Lipinski definition) is 4. The molecule has 1 rings (SSSR count). The average Bonchev–Trinajstić information content (AvgIpc) is 2.75. The summed E-state index contributed by atoms with van der Waals surface area (Å²) in [4.78, 5) is 5.54. The molecule has 0 aromatic carbocycles. The van der Waals surface area contributed by atoms with E-state index in [1.807, 2.05) is 20.0 Å². The van der Waals surface area contributed by atoms with Gasteiger partial charge in [-0.15, -0.1) is 11.3 Å². The quantitative estimate of drug-likeness (QED) is 0.856. The van der Waals surface area contributed by atoms with Crippen LogP contribution < -0.4 is 5.32 Å². The van der Waals surface area contributed by atoms with Crippen LogP contribution in [0.25, 0.3) is 0 Å². The molecule has 88 valence electrons. The molecule has 1 aromatic heterocycles. The molecule has 0 saturated heterocycles. The van der Waals surface area contributed by atoms with Gasteiger partial charge < -0.3 is 5.32 Å². The van der Waals surface area contributed by atoms with Crippen molar-refractivity contribution in [2.24, 2.45) is 0 Å². The molecule has 1 unspecified atom stereocenters. The Morgan fingerprint density at radius 1 is 1.62 bits per heavy atom. The van der Waals surface area contributed by atoms with E-state index in [0.29, 0.717) is 6.04 Å². The molecule has 1 heterocycles. The third kappa shape index (κ3) is 3.03. The standard InChI is InChI=1S/C12H19N3S/c1-5-6-14-9(2)10-7-15-11(16-10)12(3,4)8-13/h7,9,14H,5-6H2,1-4H3. The van der Waals surface area contributed by atoms with Crippen LogP contribution in [0, 0.1) is 11.3 Å². The van der Waals surface area contributed by atoms with Crippen molar-refractivity contribution < 1.29 is 0 Å². The van der Waals surface area contributed by atoms with Gasteiger partial charge in [-0.25, -0.2) is 4.98 Å². The first-order valence-corrected chi connectivity index (χ1v) is 6.43. The molecule has 1 aromatic rings. The molecule has 3 nitrogen and oxygen atoms in total. The number of nitrogens with one attached hydrogen (secondary N) is 1. The molecule has 0 aliphatic rings. The van der Waals surface area contributed by atoms with Gasteiger partial charge in [0.05, 0.1) is 6.07 Å². The van der Waals surface area contributed by atoms with E-state index in [4.69, 9.17) is 5.26 Å². The van der Waals surface area contributed by atoms with E-state index in [1.165, 1.54) is 4.88 Å². The third-order valence-electron chi connectivity index (χ3n) is 2.47. The van der Waals surface area contributed by atoms with E-state index in [1.54, 1.807) is 11.3 Å². The fourth-order valence-electron chi connectivity index (χ4n) is 1.28. The van der Waals surface area contributed by atoms with Crippen LogP contribution in [0.4, 0.5) is 0 Å². The highest BCUT2D eigenvalue weighted by atomic mass is 32.1. The summed E-state index contributed by atoms with van der Waals surface area (Å²) in [5.41, 5.74) is -0.479. The number of nitriles is 1. The molecule has 16 heavy (non-hydrogen) atoms. The van der Waals surface area contributed by atoms with E-state index in [2.05, 4.69) is 30.2 Å². The summed E-state index contributed by atoms with van der Waals surface area (Å²) in [7, 11) is 0. The van der Waals surface area contributed by atoms with Crippen molar-refractivity contribution in [3.05, 3.63) is 16.1 Å². The minimum atomic E-state index is -0.479. The van der Waals surface area contributed by atoms with E-state index < -0.39 is 5.41 Å². The van der Waals surface area contributed by atoms with E-state index in [-0.39, 0.29) is 0 Å². The first-order chi connectivity index (χ1) is 7.51. The summed E-state index contributed by atoms with van der Waals surface area (Å²) >= 11 is 1.63. The zero-order valence-corrected chi connectivity index (χ0v) is 11.2. The summed E-state index contributed by atoms with van der Waals surface area (Å²) in [6, 6.07) is 2.60. The Bertz CT molecular complexity index is 376. The van der Waals surface area contributed by atoms with Gasteiger partial charge in [0, 0.05) is 17.1 Å². The van der Waals surface area contributed by atoms with Gasteiger partial charge in [-0.05, 0) is 33.7 Å². The Hall–Kier alpha value is -0.920. The number of hydrogen-bond donors (Lipinski definition) is 1. The molecule has 0 aliphatic carbocycles. The Morgan fingerprint density at radius 3 is 2.88 bits per heavy atom. The second-order valence-corrected chi connectivity index (χ2v) is 5.54. The molecule has 1 atom stereocenters. The fraction of sp³-hybridized carbons (Fsp3) is 0.667. The molecule has 0 radical (unpaired) electrons. The molecule has 0 amide bonds. The fourth-order valence-corrected chi connectivity index (χ4v) is 2.28.